The van der Waals surface area contributed by atoms with Crippen molar-refractivity contribution in [3.63, 3.8) is 0 Å². The Labute approximate surface area is 87.7 Å². The Morgan fingerprint density at radius 1 is 1.07 bits per heavy atom. The first-order chi connectivity index (χ1) is 6.66. The zero-order valence-electron chi connectivity index (χ0n) is 9.60. The molecule has 1 rings (SSSR count). The van der Waals surface area contributed by atoms with Crippen LogP contribution in [0.2, 0.25) is 0 Å². The molecule has 0 amide bonds. The third-order valence-electron chi connectivity index (χ3n) is 3.87. The summed E-state index contributed by atoms with van der Waals surface area (Å²) < 4.78 is 0. The van der Waals surface area contributed by atoms with E-state index in [0.717, 1.165) is 30.7 Å². The summed E-state index contributed by atoms with van der Waals surface area (Å²) in [6.45, 7) is 4.45. The Bertz CT molecular complexity index is 214. The minimum absolute atomic E-state index is 0.199. The topological polar surface area (TPSA) is 52.0 Å². The molecule has 0 heterocycles. The maximum atomic E-state index is 6.20. The van der Waals surface area contributed by atoms with Gasteiger partial charge in [0.1, 0.15) is 0 Å². The third kappa shape index (κ3) is 2.05. The van der Waals surface area contributed by atoms with Gasteiger partial charge in [0.2, 0.25) is 0 Å². The highest BCUT2D eigenvalue weighted by Gasteiger charge is 2.31. The summed E-state index contributed by atoms with van der Waals surface area (Å²) in [5, 5.41) is 0. The normalized spacial score (nSPS) is 23.0. The fourth-order valence-corrected chi connectivity index (χ4v) is 2.55. The predicted molar refractivity (Wildman–Crippen MR) is 61.5 cm³/mol. The van der Waals surface area contributed by atoms with Crippen LogP contribution in [0.4, 0.5) is 0 Å². The van der Waals surface area contributed by atoms with Crippen molar-refractivity contribution in [3.05, 3.63) is 11.4 Å². The Kier molecular flexibility index (Phi) is 3.85. The zero-order valence-corrected chi connectivity index (χ0v) is 9.60. The molecule has 0 radical (unpaired) electrons. The zero-order chi connectivity index (χ0) is 10.6. The summed E-state index contributed by atoms with van der Waals surface area (Å²) in [5.41, 5.74) is 14.4. The van der Waals surface area contributed by atoms with E-state index in [-0.39, 0.29) is 5.41 Å². The Hall–Kier alpha value is -0.660. The first kappa shape index (κ1) is 11.4. The van der Waals surface area contributed by atoms with Gasteiger partial charge in [0.25, 0.3) is 0 Å². The van der Waals surface area contributed by atoms with Gasteiger partial charge in [-0.3, -0.25) is 0 Å². The molecule has 4 N–H and O–H groups in total. The second-order valence-electron chi connectivity index (χ2n) is 4.49. The summed E-state index contributed by atoms with van der Waals surface area (Å²) in [4.78, 5) is 0. The van der Waals surface area contributed by atoms with Crippen LogP contribution in [-0.4, -0.2) is 0 Å². The smallest absolute Gasteiger partial charge is 0.0334 e. The SMILES string of the molecule is CCC1(CC)CCCCCC(N)=C1N. The van der Waals surface area contributed by atoms with Crippen LogP contribution in [0.25, 0.3) is 0 Å². The van der Waals surface area contributed by atoms with Crippen LogP contribution in [0.3, 0.4) is 0 Å². The van der Waals surface area contributed by atoms with E-state index in [4.69, 9.17) is 11.5 Å². The Balaban J connectivity index is 2.97. The van der Waals surface area contributed by atoms with Gasteiger partial charge in [-0.25, -0.2) is 0 Å². The highest BCUT2D eigenvalue weighted by Crippen LogP contribution is 2.40. The lowest BCUT2D eigenvalue weighted by atomic mass is 9.73. The maximum Gasteiger partial charge on any atom is 0.0334 e. The molecule has 0 bridgehead atoms. The molecular weight excluding hydrogens is 172 g/mol. The van der Waals surface area contributed by atoms with E-state index < -0.39 is 0 Å². The molecule has 0 aromatic carbocycles. The van der Waals surface area contributed by atoms with Gasteiger partial charge in [0, 0.05) is 16.8 Å². The molecule has 0 fully saturated rings. The van der Waals surface area contributed by atoms with Crippen LogP contribution in [0.5, 0.6) is 0 Å². The lowest BCUT2D eigenvalue weighted by Gasteiger charge is -2.35. The van der Waals surface area contributed by atoms with E-state index in [2.05, 4.69) is 13.8 Å². The molecule has 0 saturated carbocycles. The summed E-state index contributed by atoms with van der Waals surface area (Å²) in [6, 6.07) is 0. The molecule has 0 aromatic rings. The number of rotatable bonds is 2. The van der Waals surface area contributed by atoms with Gasteiger partial charge in [0.05, 0.1) is 0 Å². The fourth-order valence-electron chi connectivity index (χ4n) is 2.55. The summed E-state index contributed by atoms with van der Waals surface area (Å²) in [6.07, 6.45) is 8.26. The van der Waals surface area contributed by atoms with Gasteiger partial charge in [-0.05, 0) is 32.1 Å². The molecule has 2 heteroatoms. The Morgan fingerprint density at radius 2 is 1.71 bits per heavy atom. The van der Waals surface area contributed by atoms with E-state index in [1.54, 1.807) is 0 Å². The molecule has 2 nitrogen and oxygen atoms in total. The van der Waals surface area contributed by atoms with Crippen molar-refractivity contribution in [1.82, 2.24) is 0 Å². The standard InChI is InChI=1S/C12H24N2/c1-3-12(4-2)9-7-5-6-8-10(13)11(12)14/h3-9,13-14H2,1-2H3. The van der Waals surface area contributed by atoms with Crippen LogP contribution in [0, 0.1) is 5.41 Å². The molecular formula is C12H24N2. The van der Waals surface area contributed by atoms with Gasteiger partial charge in [-0.1, -0.05) is 26.7 Å². The van der Waals surface area contributed by atoms with Crippen molar-refractivity contribution in [2.75, 3.05) is 0 Å². The largest absolute Gasteiger partial charge is 0.401 e. The van der Waals surface area contributed by atoms with Crippen molar-refractivity contribution >= 4 is 0 Å². The van der Waals surface area contributed by atoms with Gasteiger partial charge < -0.3 is 11.5 Å². The first-order valence-corrected chi connectivity index (χ1v) is 5.91. The highest BCUT2D eigenvalue weighted by molar-refractivity contribution is 5.17. The van der Waals surface area contributed by atoms with Gasteiger partial charge in [-0.15, -0.1) is 0 Å². The predicted octanol–water partition coefficient (Wildman–Crippen LogP) is 2.89. The summed E-state index contributed by atoms with van der Waals surface area (Å²) in [7, 11) is 0. The molecule has 1 aliphatic rings. The fraction of sp³-hybridized carbons (Fsp3) is 0.833. The lowest BCUT2D eigenvalue weighted by molar-refractivity contribution is 0.275. The monoisotopic (exact) mass is 196 g/mol. The van der Waals surface area contributed by atoms with Crippen LogP contribution < -0.4 is 11.5 Å². The number of nitrogens with two attached hydrogens (primary N) is 2. The average Bonchev–Trinajstić information content (AvgIpc) is 2.21. The minimum atomic E-state index is 0.199. The van der Waals surface area contributed by atoms with E-state index in [0.29, 0.717) is 0 Å². The van der Waals surface area contributed by atoms with Gasteiger partial charge >= 0.3 is 0 Å². The molecule has 0 atom stereocenters. The third-order valence-corrected chi connectivity index (χ3v) is 3.87. The second kappa shape index (κ2) is 4.72. The number of allylic oxidation sites excluding steroid dienone is 2. The molecule has 14 heavy (non-hydrogen) atoms. The van der Waals surface area contributed by atoms with Crippen molar-refractivity contribution in [3.8, 4) is 0 Å². The number of hydrogen-bond acceptors (Lipinski definition) is 2. The van der Waals surface area contributed by atoms with E-state index >= 15 is 0 Å². The number of hydrogen-bond donors (Lipinski definition) is 2. The Morgan fingerprint density at radius 3 is 2.29 bits per heavy atom. The minimum Gasteiger partial charge on any atom is -0.401 e. The van der Waals surface area contributed by atoms with Crippen LogP contribution in [0.1, 0.15) is 58.8 Å². The summed E-state index contributed by atoms with van der Waals surface area (Å²) in [5.74, 6) is 0. The lowest BCUT2D eigenvalue weighted by Crippen LogP contribution is -2.31. The molecule has 0 aromatic heterocycles. The summed E-state index contributed by atoms with van der Waals surface area (Å²) >= 11 is 0. The van der Waals surface area contributed by atoms with Crippen LogP contribution in [-0.2, 0) is 0 Å². The quantitative estimate of drug-likeness (QED) is 0.713. The average molecular weight is 196 g/mol. The van der Waals surface area contributed by atoms with Crippen molar-refractivity contribution in [2.45, 2.75) is 58.8 Å². The van der Waals surface area contributed by atoms with Crippen LogP contribution in [0.15, 0.2) is 11.4 Å². The van der Waals surface area contributed by atoms with E-state index in [1.165, 1.54) is 25.7 Å². The molecule has 0 spiro atoms. The molecule has 0 saturated heterocycles. The van der Waals surface area contributed by atoms with Crippen LogP contribution >= 0.6 is 0 Å². The van der Waals surface area contributed by atoms with E-state index in [9.17, 15) is 0 Å². The van der Waals surface area contributed by atoms with Crippen molar-refractivity contribution < 1.29 is 0 Å². The molecule has 0 unspecified atom stereocenters. The van der Waals surface area contributed by atoms with Crippen molar-refractivity contribution in [1.29, 1.82) is 0 Å². The van der Waals surface area contributed by atoms with Crippen molar-refractivity contribution in [2.24, 2.45) is 16.9 Å². The van der Waals surface area contributed by atoms with Gasteiger partial charge in [-0.2, -0.15) is 0 Å². The maximum absolute atomic E-state index is 6.20. The first-order valence-electron chi connectivity index (χ1n) is 5.91. The highest BCUT2D eigenvalue weighted by atomic mass is 14.7. The second-order valence-corrected chi connectivity index (χ2v) is 4.49. The molecule has 82 valence electrons. The van der Waals surface area contributed by atoms with E-state index in [1.807, 2.05) is 0 Å². The van der Waals surface area contributed by atoms with Gasteiger partial charge in [0.15, 0.2) is 0 Å². The molecule has 0 aliphatic heterocycles. The molecule has 1 aliphatic carbocycles.